The zero-order valence-corrected chi connectivity index (χ0v) is 11.3. The van der Waals surface area contributed by atoms with Crippen molar-refractivity contribution in [1.29, 1.82) is 0 Å². The van der Waals surface area contributed by atoms with E-state index in [-0.39, 0.29) is 28.9 Å². The Morgan fingerprint density at radius 2 is 2.12 bits per heavy atom. The van der Waals surface area contributed by atoms with E-state index in [4.69, 9.17) is 4.74 Å². The third kappa shape index (κ3) is 1.97. The second-order valence-corrected chi connectivity index (χ2v) is 6.11. The molecule has 3 atom stereocenters. The van der Waals surface area contributed by atoms with E-state index in [9.17, 15) is 4.79 Å². The molecule has 0 aromatic rings. The molecule has 0 spiro atoms. The highest BCUT2D eigenvalue weighted by atomic mass is 16.5. The molecule has 1 aliphatic heterocycles. The maximum atomic E-state index is 12.0. The van der Waals surface area contributed by atoms with Gasteiger partial charge < -0.3 is 15.4 Å². The SMILES string of the molecule is COC1(C)CC(NC(=O)C2CCNC2)C1(C)C. The molecular weight excluding hydrogens is 216 g/mol. The van der Waals surface area contributed by atoms with Crippen LogP contribution < -0.4 is 10.6 Å². The third-order valence-corrected chi connectivity index (χ3v) is 5.03. The van der Waals surface area contributed by atoms with Crippen LogP contribution in [-0.4, -0.2) is 37.7 Å². The number of rotatable bonds is 3. The number of hydrogen-bond donors (Lipinski definition) is 2. The zero-order chi connectivity index (χ0) is 12.7. The van der Waals surface area contributed by atoms with Crippen LogP contribution in [-0.2, 0) is 9.53 Å². The lowest BCUT2D eigenvalue weighted by Crippen LogP contribution is -2.69. The van der Waals surface area contributed by atoms with Crippen molar-refractivity contribution in [2.75, 3.05) is 20.2 Å². The number of carbonyl (C=O) groups is 1. The van der Waals surface area contributed by atoms with Crippen LogP contribution in [0.25, 0.3) is 0 Å². The maximum absolute atomic E-state index is 12.0. The highest BCUT2D eigenvalue weighted by Crippen LogP contribution is 2.51. The normalized spacial score (nSPS) is 39.8. The summed E-state index contributed by atoms with van der Waals surface area (Å²) in [7, 11) is 1.75. The van der Waals surface area contributed by atoms with Gasteiger partial charge in [-0.25, -0.2) is 0 Å². The maximum Gasteiger partial charge on any atom is 0.224 e. The summed E-state index contributed by atoms with van der Waals surface area (Å²) < 4.78 is 5.56. The summed E-state index contributed by atoms with van der Waals surface area (Å²) in [6, 6.07) is 0.237. The van der Waals surface area contributed by atoms with Crippen LogP contribution in [0.3, 0.4) is 0 Å². The second-order valence-electron chi connectivity index (χ2n) is 6.11. The van der Waals surface area contributed by atoms with Crippen molar-refractivity contribution in [3.05, 3.63) is 0 Å². The zero-order valence-electron chi connectivity index (χ0n) is 11.3. The minimum absolute atomic E-state index is 0.00342. The Labute approximate surface area is 103 Å². The fourth-order valence-electron chi connectivity index (χ4n) is 2.89. The van der Waals surface area contributed by atoms with Crippen LogP contribution in [0.5, 0.6) is 0 Å². The highest BCUT2D eigenvalue weighted by Gasteiger charge is 2.58. The molecule has 4 heteroatoms. The summed E-state index contributed by atoms with van der Waals surface area (Å²) in [6.07, 6.45) is 1.86. The summed E-state index contributed by atoms with van der Waals surface area (Å²) in [6.45, 7) is 8.23. The minimum atomic E-state index is -0.112. The lowest BCUT2D eigenvalue weighted by Gasteiger charge is -2.59. The van der Waals surface area contributed by atoms with Gasteiger partial charge in [0.25, 0.3) is 0 Å². The van der Waals surface area contributed by atoms with E-state index in [1.54, 1.807) is 7.11 Å². The Kier molecular flexibility index (Phi) is 3.21. The number of ether oxygens (including phenoxy) is 1. The molecule has 2 aliphatic rings. The molecule has 2 rings (SSSR count). The van der Waals surface area contributed by atoms with Gasteiger partial charge in [0.05, 0.1) is 11.5 Å². The number of amides is 1. The molecule has 1 saturated carbocycles. The van der Waals surface area contributed by atoms with Crippen LogP contribution >= 0.6 is 0 Å². The van der Waals surface area contributed by atoms with Gasteiger partial charge in [-0.15, -0.1) is 0 Å². The average Bonchev–Trinajstić information content (AvgIpc) is 2.81. The Bertz CT molecular complexity index is 311. The smallest absolute Gasteiger partial charge is 0.224 e. The fraction of sp³-hybridized carbons (Fsp3) is 0.923. The summed E-state index contributed by atoms with van der Waals surface area (Å²) in [4.78, 5) is 12.0. The van der Waals surface area contributed by atoms with Crippen LogP contribution in [0.15, 0.2) is 0 Å². The van der Waals surface area contributed by atoms with Gasteiger partial charge in [-0.3, -0.25) is 4.79 Å². The van der Waals surface area contributed by atoms with Crippen LogP contribution in [0.2, 0.25) is 0 Å². The standard InChI is InChI=1S/C13H24N2O2/c1-12(2)10(7-13(12,3)17-4)15-11(16)9-5-6-14-8-9/h9-10,14H,5-8H2,1-4H3,(H,15,16). The number of methoxy groups -OCH3 is 1. The Morgan fingerprint density at radius 1 is 1.41 bits per heavy atom. The molecule has 0 aromatic heterocycles. The van der Waals surface area contributed by atoms with Crippen molar-refractivity contribution in [2.45, 2.75) is 45.3 Å². The second kappa shape index (κ2) is 4.25. The lowest BCUT2D eigenvalue weighted by atomic mass is 9.55. The topological polar surface area (TPSA) is 50.4 Å². The molecule has 4 nitrogen and oxygen atoms in total. The molecule has 98 valence electrons. The van der Waals surface area contributed by atoms with Crippen molar-refractivity contribution in [3.8, 4) is 0 Å². The van der Waals surface area contributed by atoms with Crippen LogP contribution in [0.1, 0.15) is 33.6 Å². The molecule has 2 N–H and O–H groups in total. The van der Waals surface area contributed by atoms with Gasteiger partial charge in [-0.2, -0.15) is 0 Å². The van der Waals surface area contributed by atoms with Gasteiger partial charge in [0.15, 0.2) is 0 Å². The van der Waals surface area contributed by atoms with Crippen molar-refractivity contribution >= 4 is 5.91 Å². The van der Waals surface area contributed by atoms with E-state index < -0.39 is 0 Å². The van der Waals surface area contributed by atoms with E-state index in [0.717, 1.165) is 25.9 Å². The first-order valence-electron chi connectivity index (χ1n) is 6.47. The largest absolute Gasteiger partial charge is 0.378 e. The number of carbonyl (C=O) groups excluding carboxylic acids is 1. The van der Waals surface area contributed by atoms with E-state index >= 15 is 0 Å². The number of hydrogen-bond acceptors (Lipinski definition) is 3. The van der Waals surface area contributed by atoms with Gasteiger partial charge >= 0.3 is 0 Å². The summed E-state index contributed by atoms with van der Waals surface area (Å²) >= 11 is 0. The van der Waals surface area contributed by atoms with Crippen molar-refractivity contribution in [3.63, 3.8) is 0 Å². The molecule has 2 fully saturated rings. The summed E-state index contributed by atoms with van der Waals surface area (Å²) in [5.41, 5.74) is -0.109. The molecule has 1 heterocycles. The molecular formula is C13H24N2O2. The third-order valence-electron chi connectivity index (χ3n) is 5.03. The molecule has 3 unspecified atom stereocenters. The summed E-state index contributed by atoms with van der Waals surface area (Å²) in [5.74, 6) is 0.353. The van der Waals surface area contributed by atoms with Crippen molar-refractivity contribution < 1.29 is 9.53 Å². The van der Waals surface area contributed by atoms with Gasteiger partial charge in [-0.05, 0) is 26.3 Å². The van der Waals surface area contributed by atoms with Crippen LogP contribution in [0.4, 0.5) is 0 Å². The predicted molar refractivity (Wildman–Crippen MR) is 66.7 cm³/mol. The molecule has 0 bridgehead atoms. The van der Waals surface area contributed by atoms with Crippen LogP contribution in [0, 0.1) is 11.3 Å². The predicted octanol–water partition coefficient (Wildman–Crippen LogP) is 0.916. The fourth-order valence-corrected chi connectivity index (χ4v) is 2.89. The van der Waals surface area contributed by atoms with E-state index in [1.165, 1.54) is 0 Å². The Morgan fingerprint density at radius 3 is 2.59 bits per heavy atom. The summed E-state index contributed by atoms with van der Waals surface area (Å²) in [5, 5.41) is 6.40. The minimum Gasteiger partial charge on any atom is -0.378 e. The lowest BCUT2D eigenvalue weighted by molar-refractivity contribution is -0.183. The van der Waals surface area contributed by atoms with Gasteiger partial charge in [0.2, 0.25) is 5.91 Å². The van der Waals surface area contributed by atoms with E-state index in [1.807, 2.05) is 0 Å². The highest BCUT2D eigenvalue weighted by molar-refractivity contribution is 5.79. The molecule has 17 heavy (non-hydrogen) atoms. The number of nitrogens with one attached hydrogen (secondary N) is 2. The molecule has 1 aliphatic carbocycles. The van der Waals surface area contributed by atoms with Gasteiger partial charge in [0.1, 0.15) is 0 Å². The van der Waals surface area contributed by atoms with E-state index in [0.29, 0.717) is 0 Å². The Hall–Kier alpha value is -0.610. The first kappa shape index (κ1) is 12.8. The molecule has 1 amide bonds. The van der Waals surface area contributed by atoms with Crippen molar-refractivity contribution in [2.24, 2.45) is 11.3 Å². The Balaban J connectivity index is 1.91. The quantitative estimate of drug-likeness (QED) is 0.771. The van der Waals surface area contributed by atoms with Gasteiger partial charge in [-0.1, -0.05) is 13.8 Å². The first-order valence-corrected chi connectivity index (χ1v) is 6.47. The first-order chi connectivity index (χ1) is 7.90. The molecule has 0 radical (unpaired) electrons. The average molecular weight is 240 g/mol. The molecule has 0 aromatic carbocycles. The van der Waals surface area contributed by atoms with E-state index in [2.05, 4.69) is 31.4 Å². The molecule has 1 saturated heterocycles. The van der Waals surface area contributed by atoms with Gasteiger partial charge in [0, 0.05) is 25.1 Å². The monoisotopic (exact) mass is 240 g/mol. The van der Waals surface area contributed by atoms with Crippen molar-refractivity contribution in [1.82, 2.24) is 10.6 Å².